The van der Waals surface area contributed by atoms with Gasteiger partial charge in [0, 0.05) is 4.88 Å². The molecule has 0 radical (unpaired) electrons. The molecule has 1 aliphatic carbocycles. The summed E-state index contributed by atoms with van der Waals surface area (Å²) in [5.74, 6) is -1.90. The number of thiophene rings is 1. The lowest BCUT2D eigenvalue weighted by Crippen LogP contribution is -2.56. The van der Waals surface area contributed by atoms with Crippen molar-refractivity contribution < 1.29 is 19.5 Å². The Hall–Kier alpha value is -1.89. The Labute approximate surface area is 126 Å². The summed E-state index contributed by atoms with van der Waals surface area (Å²) in [6, 6.07) is 3.52. The Kier molecular flexibility index (Phi) is 4.32. The molecule has 0 saturated heterocycles. The average Bonchev–Trinajstić information content (AvgIpc) is 3.18. The zero-order valence-corrected chi connectivity index (χ0v) is 12.8. The first-order chi connectivity index (χ1) is 9.83. The van der Waals surface area contributed by atoms with Gasteiger partial charge in [0.2, 0.25) is 5.91 Å². The molecule has 1 unspecified atom stereocenters. The number of carbonyl (C=O) groups is 3. The van der Waals surface area contributed by atoms with E-state index in [0.717, 1.165) is 17.7 Å². The van der Waals surface area contributed by atoms with E-state index in [1.165, 1.54) is 18.3 Å². The van der Waals surface area contributed by atoms with E-state index in [9.17, 15) is 19.5 Å². The molecule has 1 aromatic rings. The maximum absolute atomic E-state index is 11.9. The van der Waals surface area contributed by atoms with E-state index in [1.54, 1.807) is 6.07 Å². The Morgan fingerprint density at radius 3 is 2.52 bits per heavy atom. The van der Waals surface area contributed by atoms with Gasteiger partial charge in [-0.05, 0) is 44.7 Å². The van der Waals surface area contributed by atoms with Gasteiger partial charge in [0.25, 0.3) is 5.91 Å². The summed E-state index contributed by atoms with van der Waals surface area (Å²) >= 11 is 1.34. The van der Waals surface area contributed by atoms with Crippen molar-refractivity contribution in [3.8, 4) is 0 Å². The molecule has 114 valence electrons. The second-order valence-electron chi connectivity index (χ2n) is 5.42. The van der Waals surface area contributed by atoms with E-state index in [4.69, 9.17) is 0 Å². The van der Waals surface area contributed by atoms with Gasteiger partial charge >= 0.3 is 5.97 Å². The fourth-order valence-corrected chi connectivity index (χ4v) is 2.91. The van der Waals surface area contributed by atoms with E-state index in [-0.39, 0.29) is 18.4 Å². The van der Waals surface area contributed by atoms with Gasteiger partial charge in [0.05, 0.1) is 11.4 Å². The minimum absolute atomic E-state index is 0.0328. The van der Waals surface area contributed by atoms with Gasteiger partial charge in [0.15, 0.2) is 0 Å². The number of nitrogens with one attached hydrogen (secondary N) is 2. The number of rotatable bonds is 6. The van der Waals surface area contributed by atoms with Crippen LogP contribution in [0.1, 0.15) is 34.3 Å². The predicted molar refractivity (Wildman–Crippen MR) is 78.3 cm³/mol. The molecule has 0 aliphatic heterocycles. The summed E-state index contributed by atoms with van der Waals surface area (Å²) < 4.78 is 0. The van der Waals surface area contributed by atoms with Crippen molar-refractivity contribution in [1.82, 2.24) is 10.6 Å². The minimum Gasteiger partial charge on any atom is -0.480 e. The van der Waals surface area contributed by atoms with Crippen LogP contribution in [0.25, 0.3) is 0 Å². The molecule has 2 rings (SSSR count). The molecule has 1 fully saturated rings. The number of carbonyl (C=O) groups excluding carboxylic acids is 2. The summed E-state index contributed by atoms with van der Waals surface area (Å²) in [6.07, 6.45) is 1.59. The predicted octanol–water partition coefficient (Wildman–Crippen LogP) is 1.16. The van der Waals surface area contributed by atoms with Crippen molar-refractivity contribution in [2.75, 3.05) is 6.54 Å². The Bertz CT molecular complexity index is 579. The van der Waals surface area contributed by atoms with Crippen LogP contribution in [-0.4, -0.2) is 35.0 Å². The maximum atomic E-state index is 11.9. The van der Waals surface area contributed by atoms with Crippen molar-refractivity contribution >= 4 is 29.1 Å². The maximum Gasteiger partial charge on any atom is 0.329 e. The number of carboxylic acids is 1. The molecule has 1 heterocycles. The molecule has 1 atom stereocenters. The lowest BCUT2D eigenvalue weighted by atomic mass is 9.96. The van der Waals surface area contributed by atoms with Crippen LogP contribution in [0.5, 0.6) is 0 Å². The second kappa shape index (κ2) is 5.85. The second-order valence-corrected chi connectivity index (χ2v) is 6.71. The molecule has 1 aromatic heterocycles. The van der Waals surface area contributed by atoms with Crippen molar-refractivity contribution in [3.05, 3.63) is 21.9 Å². The SMILES string of the molecule is Cc1ccc(C(=O)NCC(=O)NC(C)(C(=O)O)C2CC2)s1. The molecular weight excluding hydrogens is 292 g/mol. The minimum atomic E-state index is -1.25. The summed E-state index contributed by atoms with van der Waals surface area (Å²) in [5, 5.41) is 14.3. The molecule has 3 N–H and O–H groups in total. The molecule has 1 saturated carbocycles. The zero-order valence-electron chi connectivity index (χ0n) is 11.9. The number of amides is 2. The van der Waals surface area contributed by atoms with Gasteiger partial charge in [-0.15, -0.1) is 11.3 Å². The Balaban J connectivity index is 1.87. The number of aryl methyl sites for hydroxylation is 1. The fraction of sp³-hybridized carbons (Fsp3) is 0.500. The number of hydrogen-bond donors (Lipinski definition) is 3. The molecular formula is C14H18N2O4S. The molecule has 2 amide bonds. The lowest BCUT2D eigenvalue weighted by molar-refractivity contribution is -0.147. The van der Waals surface area contributed by atoms with Crippen molar-refractivity contribution in [1.29, 1.82) is 0 Å². The lowest BCUT2D eigenvalue weighted by Gasteiger charge is -2.26. The molecule has 0 bridgehead atoms. The standard InChI is InChI=1S/C14H18N2O4S/c1-8-3-6-10(21-8)12(18)15-7-11(17)16-14(2,13(19)20)9-4-5-9/h3,6,9H,4-5,7H2,1-2H3,(H,15,18)(H,16,17)(H,19,20). The quantitative estimate of drug-likeness (QED) is 0.734. The first kappa shape index (κ1) is 15.5. The number of hydrogen-bond acceptors (Lipinski definition) is 4. The third-order valence-corrected chi connectivity index (χ3v) is 4.61. The first-order valence-electron chi connectivity index (χ1n) is 6.72. The summed E-state index contributed by atoms with van der Waals surface area (Å²) in [5.41, 5.74) is -1.25. The molecule has 0 aromatic carbocycles. The summed E-state index contributed by atoms with van der Waals surface area (Å²) in [7, 11) is 0. The highest BCUT2D eigenvalue weighted by Crippen LogP contribution is 2.39. The Morgan fingerprint density at radius 1 is 1.38 bits per heavy atom. The summed E-state index contributed by atoms with van der Waals surface area (Å²) in [4.78, 5) is 36.5. The molecule has 21 heavy (non-hydrogen) atoms. The number of aliphatic carboxylic acids is 1. The Morgan fingerprint density at radius 2 is 2.05 bits per heavy atom. The highest BCUT2D eigenvalue weighted by Gasteiger charge is 2.48. The van der Waals surface area contributed by atoms with Crippen LogP contribution in [0.2, 0.25) is 0 Å². The highest BCUT2D eigenvalue weighted by molar-refractivity contribution is 7.13. The normalized spacial score (nSPS) is 16.9. The highest BCUT2D eigenvalue weighted by atomic mass is 32.1. The number of carboxylic acid groups (broad SMARTS) is 1. The van der Waals surface area contributed by atoms with E-state index in [2.05, 4.69) is 10.6 Å². The van der Waals surface area contributed by atoms with Gasteiger partial charge in [-0.25, -0.2) is 4.79 Å². The first-order valence-corrected chi connectivity index (χ1v) is 7.53. The third-order valence-electron chi connectivity index (χ3n) is 3.61. The molecule has 1 aliphatic rings. The van der Waals surface area contributed by atoms with Crippen LogP contribution in [0.4, 0.5) is 0 Å². The third kappa shape index (κ3) is 3.60. The summed E-state index contributed by atoms with van der Waals surface area (Å²) in [6.45, 7) is 3.17. The van der Waals surface area contributed by atoms with Crippen LogP contribution in [0.3, 0.4) is 0 Å². The molecule has 7 heteroatoms. The van der Waals surface area contributed by atoms with Gasteiger partial charge < -0.3 is 15.7 Å². The molecule has 6 nitrogen and oxygen atoms in total. The van der Waals surface area contributed by atoms with Gasteiger partial charge in [-0.3, -0.25) is 9.59 Å². The van der Waals surface area contributed by atoms with E-state index >= 15 is 0 Å². The molecule has 0 spiro atoms. The van der Waals surface area contributed by atoms with Gasteiger partial charge in [0.1, 0.15) is 5.54 Å². The van der Waals surface area contributed by atoms with Gasteiger partial charge in [-0.1, -0.05) is 0 Å². The van der Waals surface area contributed by atoms with E-state index in [0.29, 0.717) is 4.88 Å². The topological polar surface area (TPSA) is 95.5 Å². The largest absolute Gasteiger partial charge is 0.480 e. The van der Waals surface area contributed by atoms with Crippen LogP contribution < -0.4 is 10.6 Å². The van der Waals surface area contributed by atoms with Crippen LogP contribution in [-0.2, 0) is 9.59 Å². The van der Waals surface area contributed by atoms with E-state index < -0.39 is 17.4 Å². The fourth-order valence-electron chi connectivity index (χ4n) is 2.13. The average molecular weight is 310 g/mol. The monoisotopic (exact) mass is 310 g/mol. The van der Waals surface area contributed by atoms with Crippen molar-refractivity contribution in [2.24, 2.45) is 5.92 Å². The van der Waals surface area contributed by atoms with E-state index in [1.807, 2.05) is 13.0 Å². The van der Waals surface area contributed by atoms with Crippen LogP contribution in [0.15, 0.2) is 12.1 Å². The van der Waals surface area contributed by atoms with Crippen LogP contribution in [0, 0.1) is 12.8 Å². The van der Waals surface area contributed by atoms with Crippen molar-refractivity contribution in [3.63, 3.8) is 0 Å². The smallest absolute Gasteiger partial charge is 0.329 e. The van der Waals surface area contributed by atoms with Gasteiger partial charge in [-0.2, -0.15) is 0 Å². The van der Waals surface area contributed by atoms with Crippen LogP contribution >= 0.6 is 11.3 Å². The zero-order chi connectivity index (χ0) is 15.6. The van der Waals surface area contributed by atoms with Crippen molar-refractivity contribution in [2.45, 2.75) is 32.2 Å².